The quantitative estimate of drug-likeness (QED) is 0.305. The first-order chi connectivity index (χ1) is 17.9. The van der Waals surface area contributed by atoms with Crippen LogP contribution in [-0.4, -0.2) is 75.0 Å². The topological polar surface area (TPSA) is 186 Å². The van der Waals surface area contributed by atoms with Crippen LogP contribution in [0.25, 0.3) is 0 Å². The minimum absolute atomic E-state index is 0.0147. The molecular weight excluding hydrogens is 498 g/mol. The van der Waals surface area contributed by atoms with Crippen LogP contribution in [0.5, 0.6) is 17.2 Å². The molecule has 1 saturated heterocycles. The number of fused-ring (bicyclic) bond motifs is 3. The summed E-state index contributed by atoms with van der Waals surface area (Å²) in [5.41, 5.74) is 2.97. The normalized spacial score (nSPS) is 30.3. The number of phenols is 2. The minimum atomic E-state index is -2.00. The first-order valence-corrected chi connectivity index (χ1v) is 12.2. The van der Waals surface area contributed by atoms with Gasteiger partial charge < -0.3 is 40.4 Å². The average molecular weight is 528 g/mol. The summed E-state index contributed by atoms with van der Waals surface area (Å²) >= 11 is 0. The predicted octanol–water partition coefficient (Wildman–Crippen LogP) is 1.03. The van der Waals surface area contributed by atoms with Crippen LogP contribution in [0.15, 0.2) is 18.2 Å². The molecule has 0 saturated carbocycles. The van der Waals surface area contributed by atoms with Gasteiger partial charge in [0.2, 0.25) is 5.78 Å². The summed E-state index contributed by atoms with van der Waals surface area (Å²) in [6.45, 7) is 2.79. The van der Waals surface area contributed by atoms with Crippen LogP contribution >= 0.6 is 0 Å². The van der Waals surface area contributed by atoms with E-state index >= 15 is 0 Å². The van der Waals surface area contributed by atoms with Gasteiger partial charge in [-0.25, -0.2) is 0 Å². The second-order valence-electron chi connectivity index (χ2n) is 10.1. The summed E-state index contributed by atoms with van der Waals surface area (Å²) < 4.78 is 17.1. The number of benzene rings is 2. The Bertz CT molecular complexity index is 1360. The Morgan fingerprint density at radius 1 is 1.13 bits per heavy atom. The van der Waals surface area contributed by atoms with Gasteiger partial charge >= 0.3 is 0 Å². The Hall–Kier alpha value is -3.35. The highest BCUT2D eigenvalue weighted by Crippen LogP contribution is 2.52. The summed E-state index contributed by atoms with van der Waals surface area (Å²) in [5, 5.41) is 44.1. The molecule has 0 aromatic heterocycles. The van der Waals surface area contributed by atoms with Crippen molar-refractivity contribution in [3.63, 3.8) is 0 Å². The number of ketones is 3. The van der Waals surface area contributed by atoms with Crippen molar-refractivity contribution >= 4 is 17.3 Å². The molecule has 6 atom stereocenters. The van der Waals surface area contributed by atoms with E-state index in [-0.39, 0.29) is 40.8 Å². The third-order valence-electron chi connectivity index (χ3n) is 7.80. The second kappa shape index (κ2) is 9.14. The molecule has 3 aliphatic rings. The van der Waals surface area contributed by atoms with Crippen LogP contribution in [0, 0.1) is 0 Å². The van der Waals surface area contributed by atoms with Gasteiger partial charge in [-0.3, -0.25) is 14.4 Å². The van der Waals surface area contributed by atoms with E-state index in [9.17, 15) is 34.8 Å². The number of methoxy groups -OCH3 is 1. The molecule has 1 heterocycles. The van der Waals surface area contributed by atoms with Crippen LogP contribution in [0.1, 0.15) is 75.8 Å². The fourth-order valence-corrected chi connectivity index (χ4v) is 5.66. The monoisotopic (exact) mass is 527 g/mol. The molecule has 1 aliphatic heterocycles. The van der Waals surface area contributed by atoms with Crippen molar-refractivity contribution in [1.82, 2.24) is 0 Å². The van der Waals surface area contributed by atoms with Crippen molar-refractivity contribution in [1.29, 1.82) is 0 Å². The summed E-state index contributed by atoms with van der Waals surface area (Å²) in [5.74, 6) is -3.18. The first-order valence-electron chi connectivity index (χ1n) is 12.2. The van der Waals surface area contributed by atoms with Crippen LogP contribution in [0.2, 0.25) is 0 Å². The number of aliphatic hydroxyl groups excluding tert-OH is 1. The van der Waals surface area contributed by atoms with Crippen LogP contribution in [-0.2, 0) is 20.7 Å². The maximum Gasteiger partial charge on any atom is 0.202 e. The number of Topliss-reactive ketones (excluding diaryl/α,β-unsaturated/α-hetero) is 1. The Morgan fingerprint density at radius 2 is 1.82 bits per heavy atom. The SMILES string of the molecule is COc1cccc2c1C(=O)c1c(O)c3c(c(O)c1C2=O)C[C@](O)(C(C)=O)C[C@H]3O[C@H]1C[C@H](N)[C@@H](O)[C@H](C)O1. The van der Waals surface area contributed by atoms with E-state index in [1.54, 1.807) is 6.92 Å². The number of carbonyl (C=O) groups is 3. The summed E-state index contributed by atoms with van der Waals surface area (Å²) in [6, 6.07) is 3.75. The maximum absolute atomic E-state index is 13.6. The molecule has 38 heavy (non-hydrogen) atoms. The van der Waals surface area contributed by atoms with Crippen molar-refractivity contribution < 1.29 is 49.0 Å². The lowest BCUT2D eigenvalue weighted by atomic mass is 9.72. The van der Waals surface area contributed by atoms with E-state index < -0.39 is 82.6 Å². The van der Waals surface area contributed by atoms with Gasteiger partial charge in [0.1, 0.15) is 22.8 Å². The fraction of sp³-hybridized carbons (Fsp3) is 0.444. The predicted molar refractivity (Wildman–Crippen MR) is 130 cm³/mol. The second-order valence-corrected chi connectivity index (χ2v) is 10.1. The zero-order chi connectivity index (χ0) is 27.7. The molecule has 5 rings (SSSR count). The molecular formula is C27H29NO10. The summed E-state index contributed by atoms with van der Waals surface area (Å²) in [6.07, 6.45) is -4.53. The molecule has 2 aliphatic carbocycles. The highest BCUT2D eigenvalue weighted by molar-refractivity contribution is 6.31. The van der Waals surface area contributed by atoms with Gasteiger partial charge in [-0.1, -0.05) is 12.1 Å². The van der Waals surface area contributed by atoms with Gasteiger partial charge in [0.25, 0.3) is 0 Å². The van der Waals surface area contributed by atoms with Crippen molar-refractivity contribution in [2.45, 2.75) is 69.4 Å². The van der Waals surface area contributed by atoms with E-state index in [1.807, 2.05) is 0 Å². The first kappa shape index (κ1) is 26.3. The third-order valence-corrected chi connectivity index (χ3v) is 7.80. The van der Waals surface area contributed by atoms with Gasteiger partial charge in [-0.15, -0.1) is 0 Å². The number of aliphatic hydroxyl groups is 2. The average Bonchev–Trinajstić information content (AvgIpc) is 2.87. The lowest BCUT2D eigenvalue weighted by molar-refractivity contribution is -0.247. The molecule has 0 amide bonds. The number of hydrogen-bond donors (Lipinski definition) is 5. The Balaban J connectivity index is 1.68. The Kier molecular flexibility index (Phi) is 6.32. The largest absolute Gasteiger partial charge is 0.507 e. The molecule has 1 fully saturated rings. The smallest absolute Gasteiger partial charge is 0.202 e. The van der Waals surface area contributed by atoms with Crippen molar-refractivity contribution in [2.75, 3.05) is 7.11 Å². The van der Waals surface area contributed by atoms with Crippen molar-refractivity contribution in [3.8, 4) is 17.2 Å². The third kappa shape index (κ3) is 3.81. The van der Waals surface area contributed by atoms with E-state index in [0.29, 0.717) is 0 Å². The number of phenolic OH excluding ortho intramolecular Hbond substituents is 2. The van der Waals surface area contributed by atoms with Gasteiger partial charge in [-0.2, -0.15) is 0 Å². The fourth-order valence-electron chi connectivity index (χ4n) is 5.66. The van der Waals surface area contributed by atoms with Crippen LogP contribution in [0.4, 0.5) is 0 Å². The summed E-state index contributed by atoms with van der Waals surface area (Å²) in [4.78, 5) is 39.6. The molecule has 0 spiro atoms. The molecule has 202 valence electrons. The molecule has 11 nitrogen and oxygen atoms in total. The van der Waals surface area contributed by atoms with E-state index in [0.717, 1.165) is 0 Å². The number of hydrogen-bond acceptors (Lipinski definition) is 11. The Labute approximate surface area is 217 Å². The van der Waals surface area contributed by atoms with Crippen LogP contribution < -0.4 is 10.5 Å². The number of ether oxygens (including phenoxy) is 3. The minimum Gasteiger partial charge on any atom is -0.507 e. The Morgan fingerprint density at radius 3 is 2.45 bits per heavy atom. The van der Waals surface area contributed by atoms with Gasteiger partial charge in [0.05, 0.1) is 42.1 Å². The number of nitrogens with two attached hydrogens (primary N) is 1. The van der Waals surface area contributed by atoms with E-state index in [2.05, 4.69) is 0 Å². The molecule has 2 aromatic carbocycles. The van der Waals surface area contributed by atoms with Crippen LogP contribution in [0.3, 0.4) is 0 Å². The number of carbonyl (C=O) groups excluding carboxylic acids is 3. The number of aromatic hydroxyl groups is 2. The van der Waals surface area contributed by atoms with Crippen molar-refractivity contribution in [2.24, 2.45) is 5.73 Å². The van der Waals surface area contributed by atoms with Crippen molar-refractivity contribution in [3.05, 3.63) is 51.6 Å². The molecule has 6 N–H and O–H groups in total. The molecule has 0 radical (unpaired) electrons. The zero-order valence-electron chi connectivity index (χ0n) is 21.1. The van der Waals surface area contributed by atoms with Gasteiger partial charge in [0.15, 0.2) is 17.9 Å². The van der Waals surface area contributed by atoms with E-state index in [4.69, 9.17) is 19.9 Å². The van der Waals surface area contributed by atoms with Gasteiger partial charge in [-0.05, 0) is 19.9 Å². The number of rotatable bonds is 4. The molecule has 2 aromatic rings. The highest BCUT2D eigenvalue weighted by Gasteiger charge is 2.49. The van der Waals surface area contributed by atoms with Gasteiger partial charge in [0, 0.05) is 42.0 Å². The standard InChI is InChI=1S/C27H29NO10/c1-10-22(30)14(28)7-17(37-10)38-16-9-27(35,11(2)29)8-13-19(16)26(34)21-20(24(13)32)23(31)12-5-4-6-15(36-3)18(12)25(21)33/h4-6,10,14,16-17,22,30,32,34-35H,7-9,28H2,1-3H3/t10-,14-,16+,17-,22-,27+/m0/s1. The summed E-state index contributed by atoms with van der Waals surface area (Å²) in [7, 11) is 1.34. The molecule has 11 heteroatoms. The highest BCUT2D eigenvalue weighted by atomic mass is 16.7. The zero-order valence-corrected chi connectivity index (χ0v) is 21.1. The maximum atomic E-state index is 13.6. The molecule has 0 unspecified atom stereocenters. The lowest BCUT2D eigenvalue weighted by Gasteiger charge is -2.42. The lowest BCUT2D eigenvalue weighted by Crippen LogP contribution is -2.52. The van der Waals surface area contributed by atoms with E-state index in [1.165, 1.54) is 32.2 Å². The molecule has 0 bridgehead atoms.